The topological polar surface area (TPSA) is 69.4 Å². The normalized spacial score (nSPS) is 10.3. The van der Waals surface area contributed by atoms with Crippen molar-refractivity contribution < 1.29 is 14.5 Å². The van der Waals surface area contributed by atoms with Crippen LogP contribution in [0.2, 0.25) is 5.02 Å². The lowest BCUT2D eigenvalue weighted by Gasteiger charge is -2.11. The summed E-state index contributed by atoms with van der Waals surface area (Å²) < 4.78 is 5.47. The predicted molar refractivity (Wildman–Crippen MR) is 98.8 cm³/mol. The quantitative estimate of drug-likeness (QED) is 0.273. The summed E-state index contributed by atoms with van der Waals surface area (Å²) in [5.74, 6) is -0.292. The summed E-state index contributed by atoms with van der Waals surface area (Å²) in [6, 6.07) is 20.1. The second kappa shape index (κ2) is 7.80. The first-order valence-corrected chi connectivity index (χ1v) is 8.20. The van der Waals surface area contributed by atoms with Gasteiger partial charge in [-0.05, 0) is 29.8 Å². The molecule has 0 saturated carbocycles. The minimum absolute atomic E-state index is 0.111. The Morgan fingerprint density at radius 3 is 2.50 bits per heavy atom. The SMILES string of the molecule is O=C(Oc1ccc(Cl)cc1Cc1ccccc1)c1cccc([N+](=O)[O-])c1. The Labute approximate surface area is 155 Å². The van der Waals surface area contributed by atoms with Crippen molar-refractivity contribution in [3.63, 3.8) is 0 Å². The monoisotopic (exact) mass is 367 g/mol. The second-order valence-electron chi connectivity index (χ2n) is 5.61. The minimum Gasteiger partial charge on any atom is -0.423 e. The van der Waals surface area contributed by atoms with Crippen LogP contribution in [0.4, 0.5) is 5.69 Å². The van der Waals surface area contributed by atoms with Gasteiger partial charge in [0.05, 0.1) is 10.5 Å². The number of halogens is 1. The van der Waals surface area contributed by atoms with E-state index in [2.05, 4.69) is 0 Å². The van der Waals surface area contributed by atoms with E-state index in [1.165, 1.54) is 24.3 Å². The maximum atomic E-state index is 12.4. The van der Waals surface area contributed by atoms with Crippen LogP contribution in [0.1, 0.15) is 21.5 Å². The van der Waals surface area contributed by atoms with Gasteiger partial charge in [0, 0.05) is 29.1 Å². The van der Waals surface area contributed by atoms with Crippen LogP contribution < -0.4 is 4.74 Å². The summed E-state index contributed by atoms with van der Waals surface area (Å²) in [4.78, 5) is 22.7. The second-order valence-corrected chi connectivity index (χ2v) is 6.05. The number of carbonyl (C=O) groups is 1. The molecule has 26 heavy (non-hydrogen) atoms. The average molecular weight is 368 g/mol. The number of non-ortho nitro benzene ring substituents is 1. The standard InChI is InChI=1S/C20H14ClNO4/c21-17-9-10-19(16(12-17)11-14-5-2-1-3-6-14)26-20(23)15-7-4-8-18(13-15)22(24)25/h1-10,12-13H,11H2. The van der Waals surface area contributed by atoms with Crippen LogP contribution in [-0.2, 0) is 6.42 Å². The first-order valence-electron chi connectivity index (χ1n) is 7.82. The first kappa shape index (κ1) is 17.6. The molecule has 0 saturated heterocycles. The Kier molecular flexibility index (Phi) is 5.29. The number of esters is 1. The molecule has 0 unspecified atom stereocenters. The molecule has 0 amide bonds. The highest BCUT2D eigenvalue weighted by molar-refractivity contribution is 6.30. The van der Waals surface area contributed by atoms with E-state index in [0.717, 1.165) is 11.1 Å². The lowest BCUT2D eigenvalue weighted by Crippen LogP contribution is -2.10. The fraction of sp³-hybridized carbons (Fsp3) is 0.0500. The fourth-order valence-corrected chi connectivity index (χ4v) is 2.70. The Hall–Kier alpha value is -3.18. The highest BCUT2D eigenvalue weighted by atomic mass is 35.5. The number of benzene rings is 3. The van der Waals surface area contributed by atoms with Gasteiger partial charge in [0.2, 0.25) is 0 Å². The first-order chi connectivity index (χ1) is 12.5. The molecule has 5 nitrogen and oxygen atoms in total. The van der Waals surface area contributed by atoms with E-state index >= 15 is 0 Å². The summed E-state index contributed by atoms with van der Waals surface area (Å²) in [6.45, 7) is 0. The zero-order chi connectivity index (χ0) is 18.5. The Morgan fingerprint density at radius 1 is 1.00 bits per heavy atom. The van der Waals surface area contributed by atoms with Gasteiger partial charge < -0.3 is 4.74 Å². The molecule has 0 radical (unpaired) electrons. The molecule has 0 aliphatic rings. The van der Waals surface area contributed by atoms with Crippen LogP contribution in [0.3, 0.4) is 0 Å². The number of nitro groups is 1. The third-order valence-corrected chi connectivity index (χ3v) is 3.99. The van der Waals surface area contributed by atoms with Crippen LogP contribution in [0.15, 0.2) is 72.8 Å². The summed E-state index contributed by atoms with van der Waals surface area (Å²) in [5, 5.41) is 11.4. The number of carbonyl (C=O) groups excluding carboxylic acids is 1. The Morgan fingerprint density at radius 2 is 1.77 bits per heavy atom. The number of ether oxygens (including phenoxy) is 1. The fourth-order valence-electron chi connectivity index (χ4n) is 2.51. The van der Waals surface area contributed by atoms with Crippen molar-refractivity contribution in [2.45, 2.75) is 6.42 Å². The number of nitro benzene ring substituents is 1. The van der Waals surface area contributed by atoms with Crippen LogP contribution >= 0.6 is 11.6 Å². The molecule has 0 aliphatic carbocycles. The molecule has 0 aromatic heterocycles. The van der Waals surface area contributed by atoms with E-state index in [0.29, 0.717) is 17.2 Å². The van der Waals surface area contributed by atoms with Gasteiger partial charge in [-0.25, -0.2) is 4.79 Å². The molecule has 3 rings (SSSR count). The lowest BCUT2D eigenvalue weighted by molar-refractivity contribution is -0.384. The van der Waals surface area contributed by atoms with Crippen molar-refractivity contribution in [3.8, 4) is 5.75 Å². The molecule has 130 valence electrons. The van der Waals surface area contributed by atoms with Gasteiger partial charge in [-0.15, -0.1) is 0 Å². The van der Waals surface area contributed by atoms with Crippen molar-refractivity contribution in [1.29, 1.82) is 0 Å². The van der Waals surface area contributed by atoms with E-state index in [9.17, 15) is 14.9 Å². The molecule has 0 atom stereocenters. The largest absolute Gasteiger partial charge is 0.423 e. The minimum atomic E-state index is -0.662. The van der Waals surface area contributed by atoms with Crippen molar-refractivity contribution in [2.24, 2.45) is 0 Å². The molecule has 0 N–H and O–H groups in total. The zero-order valence-electron chi connectivity index (χ0n) is 13.6. The van der Waals surface area contributed by atoms with Crippen molar-refractivity contribution >= 4 is 23.3 Å². The molecule has 6 heteroatoms. The van der Waals surface area contributed by atoms with E-state index in [1.807, 2.05) is 30.3 Å². The summed E-state index contributed by atoms with van der Waals surface area (Å²) >= 11 is 6.08. The molecular formula is C20H14ClNO4. The average Bonchev–Trinajstić information content (AvgIpc) is 2.65. The molecule has 0 aliphatic heterocycles. The Balaban J connectivity index is 1.86. The van der Waals surface area contributed by atoms with Crippen LogP contribution in [0.25, 0.3) is 0 Å². The highest BCUT2D eigenvalue weighted by Crippen LogP contribution is 2.26. The van der Waals surface area contributed by atoms with Gasteiger partial charge in [-0.1, -0.05) is 48.0 Å². The smallest absolute Gasteiger partial charge is 0.343 e. The van der Waals surface area contributed by atoms with Gasteiger partial charge in [0.25, 0.3) is 5.69 Å². The van der Waals surface area contributed by atoms with E-state index in [-0.39, 0.29) is 11.3 Å². The molecule has 3 aromatic carbocycles. The van der Waals surface area contributed by atoms with E-state index < -0.39 is 10.9 Å². The molecule has 0 spiro atoms. The maximum Gasteiger partial charge on any atom is 0.343 e. The Bertz CT molecular complexity index is 957. The predicted octanol–water partition coefficient (Wildman–Crippen LogP) is 5.06. The molecule has 0 fully saturated rings. The van der Waals surface area contributed by atoms with Crippen LogP contribution in [0, 0.1) is 10.1 Å². The van der Waals surface area contributed by atoms with Gasteiger partial charge in [0.1, 0.15) is 5.75 Å². The number of hydrogen-bond donors (Lipinski definition) is 0. The van der Waals surface area contributed by atoms with Gasteiger partial charge in [0.15, 0.2) is 0 Å². The third-order valence-electron chi connectivity index (χ3n) is 3.76. The van der Waals surface area contributed by atoms with Gasteiger partial charge in [-0.2, -0.15) is 0 Å². The molecule has 3 aromatic rings. The van der Waals surface area contributed by atoms with Crippen LogP contribution in [0.5, 0.6) is 5.75 Å². The van der Waals surface area contributed by atoms with Gasteiger partial charge in [-0.3, -0.25) is 10.1 Å². The van der Waals surface area contributed by atoms with E-state index in [4.69, 9.17) is 16.3 Å². The number of rotatable bonds is 5. The highest BCUT2D eigenvalue weighted by Gasteiger charge is 2.15. The van der Waals surface area contributed by atoms with Gasteiger partial charge >= 0.3 is 5.97 Å². The van der Waals surface area contributed by atoms with Crippen molar-refractivity contribution in [3.05, 3.63) is 105 Å². The lowest BCUT2D eigenvalue weighted by atomic mass is 10.0. The van der Waals surface area contributed by atoms with Crippen molar-refractivity contribution in [1.82, 2.24) is 0 Å². The van der Waals surface area contributed by atoms with E-state index in [1.54, 1.807) is 18.2 Å². The summed E-state index contributed by atoms with van der Waals surface area (Å²) in [7, 11) is 0. The van der Waals surface area contributed by atoms with Crippen molar-refractivity contribution in [2.75, 3.05) is 0 Å². The summed E-state index contributed by atoms with van der Waals surface area (Å²) in [6.07, 6.45) is 0.541. The van der Waals surface area contributed by atoms with Crippen LogP contribution in [-0.4, -0.2) is 10.9 Å². The number of nitrogens with zero attached hydrogens (tertiary/aromatic N) is 1. The third kappa shape index (κ3) is 4.26. The zero-order valence-corrected chi connectivity index (χ0v) is 14.3. The molecular weight excluding hydrogens is 354 g/mol. The summed E-state index contributed by atoms with van der Waals surface area (Å²) in [5.41, 5.74) is 1.74. The molecule has 0 heterocycles. The number of hydrogen-bond acceptors (Lipinski definition) is 4. The molecule has 0 bridgehead atoms. The maximum absolute atomic E-state index is 12.4.